The first-order chi connectivity index (χ1) is 15.2. The maximum Gasteiger partial charge on any atom is 0.409 e. The van der Waals surface area contributed by atoms with E-state index in [4.69, 9.17) is 9.47 Å². The number of amides is 2. The lowest BCUT2D eigenvalue weighted by Gasteiger charge is -2.41. The van der Waals surface area contributed by atoms with E-state index in [0.29, 0.717) is 38.2 Å². The second-order valence-corrected chi connectivity index (χ2v) is 7.55. The molecule has 0 N–H and O–H groups in total. The number of hydrogen-bond acceptors (Lipinski definition) is 4. The SMILES string of the molecule is COC(=O)N1CCN(C(=O)c2cccc3ccccc23)C(CCOc2ccccc2)C1. The Morgan fingerprint density at radius 2 is 1.68 bits per heavy atom. The van der Waals surface area contributed by atoms with Gasteiger partial charge in [0, 0.05) is 31.6 Å². The fourth-order valence-electron chi connectivity index (χ4n) is 4.06. The normalized spacial score (nSPS) is 16.2. The van der Waals surface area contributed by atoms with E-state index in [2.05, 4.69) is 0 Å². The quantitative estimate of drug-likeness (QED) is 0.623. The molecule has 2 amide bonds. The van der Waals surface area contributed by atoms with Crippen LogP contribution in [0.25, 0.3) is 10.8 Å². The van der Waals surface area contributed by atoms with Crippen molar-refractivity contribution in [2.24, 2.45) is 0 Å². The van der Waals surface area contributed by atoms with Crippen LogP contribution < -0.4 is 4.74 Å². The minimum absolute atomic E-state index is 0.0222. The Bertz CT molecular complexity index is 1050. The molecule has 160 valence electrons. The average molecular weight is 418 g/mol. The third-order valence-electron chi connectivity index (χ3n) is 5.66. The Hall–Kier alpha value is -3.54. The van der Waals surface area contributed by atoms with Crippen LogP contribution in [0.4, 0.5) is 4.79 Å². The van der Waals surface area contributed by atoms with Crippen molar-refractivity contribution in [2.75, 3.05) is 33.4 Å². The molecule has 1 unspecified atom stereocenters. The first-order valence-electron chi connectivity index (χ1n) is 10.5. The van der Waals surface area contributed by atoms with E-state index >= 15 is 0 Å². The van der Waals surface area contributed by atoms with E-state index in [1.807, 2.05) is 77.7 Å². The zero-order chi connectivity index (χ0) is 21.6. The zero-order valence-corrected chi connectivity index (χ0v) is 17.6. The summed E-state index contributed by atoms with van der Waals surface area (Å²) < 4.78 is 10.8. The number of benzene rings is 3. The Morgan fingerprint density at radius 1 is 0.935 bits per heavy atom. The predicted molar refractivity (Wildman–Crippen MR) is 119 cm³/mol. The number of fused-ring (bicyclic) bond motifs is 1. The van der Waals surface area contributed by atoms with Crippen molar-refractivity contribution < 1.29 is 19.1 Å². The maximum atomic E-state index is 13.6. The van der Waals surface area contributed by atoms with Crippen LogP contribution in [0.3, 0.4) is 0 Å². The van der Waals surface area contributed by atoms with Crippen molar-refractivity contribution in [2.45, 2.75) is 12.5 Å². The summed E-state index contributed by atoms with van der Waals surface area (Å²) in [5.41, 5.74) is 0.679. The molecule has 1 aliphatic rings. The highest BCUT2D eigenvalue weighted by atomic mass is 16.5. The van der Waals surface area contributed by atoms with Crippen molar-refractivity contribution in [1.29, 1.82) is 0 Å². The molecule has 31 heavy (non-hydrogen) atoms. The number of carbonyl (C=O) groups excluding carboxylic acids is 2. The highest BCUT2D eigenvalue weighted by Gasteiger charge is 2.33. The van der Waals surface area contributed by atoms with Crippen molar-refractivity contribution in [1.82, 2.24) is 9.80 Å². The van der Waals surface area contributed by atoms with Gasteiger partial charge in [0.1, 0.15) is 5.75 Å². The zero-order valence-electron chi connectivity index (χ0n) is 17.6. The van der Waals surface area contributed by atoms with Gasteiger partial charge in [0.25, 0.3) is 5.91 Å². The van der Waals surface area contributed by atoms with Crippen molar-refractivity contribution in [3.05, 3.63) is 78.4 Å². The van der Waals surface area contributed by atoms with Gasteiger partial charge in [-0.15, -0.1) is 0 Å². The average Bonchev–Trinajstić information content (AvgIpc) is 2.83. The molecule has 0 aliphatic carbocycles. The largest absolute Gasteiger partial charge is 0.494 e. The molecule has 0 saturated carbocycles. The standard InChI is InChI=1S/C25H26N2O4/c1-30-25(29)26-15-16-27(20(18-26)14-17-31-21-10-3-2-4-11-21)24(28)23-13-7-9-19-8-5-6-12-22(19)23/h2-13,20H,14-18H2,1H3. The Labute approximate surface area is 182 Å². The number of methoxy groups -OCH3 is 1. The molecule has 4 rings (SSSR count). The Morgan fingerprint density at radius 3 is 2.48 bits per heavy atom. The number of rotatable bonds is 5. The van der Waals surface area contributed by atoms with Crippen LogP contribution in [-0.4, -0.2) is 61.2 Å². The molecular formula is C25H26N2O4. The third kappa shape index (κ3) is 4.63. The maximum absolute atomic E-state index is 13.6. The highest BCUT2D eigenvalue weighted by molar-refractivity contribution is 6.07. The summed E-state index contributed by atoms with van der Waals surface area (Å²) in [7, 11) is 1.38. The topological polar surface area (TPSA) is 59.1 Å². The smallest absolute Gasteiger partial charge is 0.409 e. The first kappa shape index (κ1) is 20.7. The second-order valence-electron chi connectivity index (χ2n) is 7.55. The van der Waals surface area contributed by atoms with Gasteiger partial charge in [0.15, 0.2) is 0 Å². The van der Waals surface area contributed by atoms with Gasteiger partial charge in [0.2, 0.25) is 0 Å². The van der Waals surface area contributed by atoms with Gasteiger partial charge in [-0.05, 0) is 29.0 Å². The first-order valence-corrected chi connectivity index (χ1v) is 10.5. The van der Waals surface area contributed by atoms with Gasteiger partial charge in [-0.25, -0.2) is 4.79 Å². The number of para-hydroxylation sites is 1. The van der Waals surface area contributed by atoms with Gasteiger partial charge in [-0.2, -0.15) is 0 Å². The summed E-state index contributed by atoms with van der Waals surface area (Å²) in [6, 6.07) is 23.1. The van der Waals surface area contributed by atoms with Gasteiger partial charge < -0.3 is 19.3 Å². The second kappa shape index (κ2) is 9.51. The van der Waals surface area contributed by atoms with E-state index in [-0.39, 0.29) is 18.0 Å². The van der Waals surface area contributed by atoms with Crippen molar-refractivity contribution in [3.8, 4) is 5.75 Å². The van der Waals surface area contributed by atoms with E-state index in [1.54, 1.807) is 4.90 Å². The number of hydrogen-bond donors (Lipinski definition) is 0. The summed E-state index contributed by atoms with van der Waals surface area (Å²) in [6.45, 7) is 1.76. The highest BCUT2D eigenvalue weighted by Crippen LogP contribution is 2.23. The molecule has 1 fully saturated rings. The molecule has 6 heteroatoms. The van der Waals surface area contributed by atoms with Crippen LogP contribution >= 0.6 is 0 Å². The van der Waals surface area contributed by atoms with E-state index < -0.39 is 0 Å². The van der Waals surface area contributed by atoms with Crippen LogP contribution in [0.2, 0.25) is 0 Å². The van der Waals surface area contributed by atoms with Gasteiger partial charge >= 0.3 is 6.09 Å². The van der Waals surface area contributed by atoms with Crippen LogP contribution in [0, 0.1) is 0 Å². The monoisotopic (exact) mass is 418 g/mol. The number of carbonyl (C=O) groups is 2. The molecule has 0 bridgehead atoms. The van der Waals surface area contributed by atoms with Crippen LogP contribution in [0.5, 0.6) is 5.75 Å². The van der Waals surface area contributed by atoms with Crippen LogP contribution in [0.15, 0.2) is 72.8 Å². The summed E-state index contributed by atoms with van der Waals surface area (Å²) in [5.74, 6) is 0.765. The van der Waals surface area contributed by atoms with Crippen molar-refractivity contribution >= 4 is 22.8 Å². The Kier molecular flexibility index (Phi) is 6.36. The number of ether oxygens (including phenoxy) is 2. The fraction of sp³-hybridized carbons (Fsp3) is 0.280. The molecule has 1 aliphatic heterocycles. The summed E-state index contributed by atoms with van der Waals surface area (Å²) in [5, 5.41) is 1.97. The van der Waals surface area contributed by atoms with E-state index in [9.17, 15) is 9.59 Å². The lowest BCUT2D eigenvalue weighted by molar-refractivity contribution is 0.0377. The molecule has 0 radical (unpaired) electrons. The van der Waals surface area contributed by atoms with E-state index in [0.717, 1.165) is 16.5 Å². The van der Waals surface area contributed by atoms with Gasteiger partial charge in [-0.3, -0.25) is 4.79 Å². The van der Waals surface area contributed by atoms with Crippen LogP contribution in [-0.2, 0) is 4.74 Å². The molecule has 3 aromatic rings. The molecule has 0 aromatic heterocycles. The van der Waals surface area contributed by atoms with Gasteiger partial charge in [0.05, 0.1) is 19.8 Å². The predicted octanol–water partition coefficient (Wildman–Crippen LogP) is 4.20. The number of nitrogens with zero attached hydrogens (tertiary/aromatic N) is 2. The third-order valence-corrected chi connectivity index (χ3v) is 5.66. The minimum atomic E-state index is -0.369. The van der Waals surface area contributed by atoms with Gasteiger partial charge in [-0.1, -0.05) is 54.6 Å². The van der Waals surface area contributed by atoms with E-state index in [1.165, 1.54) is 7.11 Å². The summed E-state index contributed by atoms with van der Waals surface area (Å²) in [4.78, 5) is 29.2. The number of piperazine rings is 1. The molecule has 0 spiro atoms. The Balaban J connectivity index is 1.54. The van der Waals surface area contributed by atoms with Crippen molar-refractivity contribution in [3.63, 3.8) is 0 Å². The molecule has 3 aromatic carbocycles. The summed E-state index contributed by atoms with van der Waals surface area (Å²) in [6.07, 6.45) is 0.241. The summed E-state index contributed by atoms with van der Waals surface area (Å²) >= 11 is 0. The fourth-order valence-corrected chi connectivity index (χ4v) is 4.06. The molecule has 1 atom stereocenters. The molecule has 6 nitrogen and oxygen atoms in total. The molecular weight excluding hydrogens is 392 g/mol. The minimum Gasteiger partial charge on any atom is -0.494 e. The molecule has 1 saturated heterocycles. The lowest BCUT2D eigenvalue weighted by Crippen LogP contribution is -2.57. The van der Waals surface area contributed by atoms with Crippen LogP contribution in [0.1, 0.15) is 16.8 Å². The lowest BCUT2D eigenvalue weighted by atomic mass is 10.0. The molecule has 1 heterocycles.